The zero-order chi connectivity index (χ0) is 29.0. The number of rotatable bonds is 11. The molecule has 4 rings (SSSR count). The van der Waals surface area contributed by atoms with Crippen molar-refractivity contribution in [1.82, 2.24) is 10.6 Å². The molecule has 9 nitrogen and oxygen atoms in total. The smallest absolute Gasteiger partial charge is 0.408 e. The molecule has 1 heterocycles. The van der Waals surface area contributed by atoms with Crippen LogP contribution in [0.5, 0.6) is 0 Å². The molecule has 41 heavy (non-hydrogen) atoms. The van der Waals surface area contributed by atoms with Gasteiger partial charge in [-0.3, -0.25) is 9.59 Å². The van der Waals surface area contributed by atoms with E-state index in [2.05, 4.69) is 10.6 Å². The molecular weight excluding hydrogens is 546 g/mol. The Morgan fingerprint density at radius 3 is 2.66 bits per heavy atom. The molecule has 2 N–H and O–H groups in total. The van der Waals surface area contributed by atoms with E-state index < -0.39 is 24.1 Å². The number of nitrogens with one attached hydrogen (secondary N) is 2. The van der Waals surface area contributed by atoms with Crippen molar-refractivity contribution in [2.75, 3.05) is 18.1 Å². The summed E-state index contributed by atoms with van der Waals surface area (Å²) in [5, 5.41) is 5.98. The number of alkyl carbamates (subject to hydrolysis) is 1. The van der Waals surface area contributed by atoms with E-state index in [-0.39, 0.29) is 31.3 Å². The number of nitrogens with zero attached hydrogens (tertiary/aromatic N) is 1. The van der Waals surface area contributed by atoms with Crippen LogP contribution in [-0.4, -0.2) is 49.4 Å². The average molecular weight is 584 g/mol. The maximum Gasteiger partial charge on any atom is 0.408 e. The van der Waals surface area contributed by atoms with Crippen LogP contribution < -0.4 is 15.5 Å². The summed E-state index contributed by atoms with van der Waals surface area (Å²) in [5.41, 5.74) is 2.46. The van der Waals surface area contributed by atoms with E-state index in [4.69, 9.17) is 21.1 Å². The molecule has 1 fully saturated rings. The van der Waals surface area contributed by atoms with Crippen molar-refractivity contribution in [2.24, 2.45) is 5.92 Å². The van der Waals surface area contributed by atoms with Crippen LogP contribution in [0.25, 0.3) is 0 Å². The summed E-state index contributed by atoms with van der Waals surface area (Å²) in [6, 6.07) is 12.8. The predicted molar refractivity (Wildman–Crippen MR) is 155 cm³/mol. The lowest BCUT2D eigenvalue weighted by molar-refractivity contribution is -0.126. The third-order valence-electron chi connectivity index (χ3n) is 7.62. The van der Waals surface area contributed by atoms with Gasteiger partial charge in [-0.25, -0.2) is 4.79 Å². The lowest BCUT2D eigenvalue weighted by Gasteiger charge is -2.27. The van der Waals surface area contributed by atoms with Crippen LogP contribution in [0.3, 0.4) is 0 Å². The maximum atomic E-state index is 13.3. The van der Waals surface area contributed by atoms with E-state index >= 15 is 0 Å². The van der Waals surface area contributed by atoms with Gasteiger partial charge in [0.1, 0.15) is 18.9 Å². The van der Waals surface area contributed by atoms with E-state index in [1.165, 1.54) is 0 Å². The highest BCUT2D eigenvalue weighted by Gasteiger charge is 2.29. The second kappa shape index (κ2) is 15.5. The number of ether oxygens (including phenoxy) is 2. The first-order valence-electron chi connectivity index (χ1n) is 14.3. The molecule has 1 aliphatic carbocycles. The Kier molecular flexibility index (Phi) is 11.6. The van der Waals surface area contributed by atoms with Crippen molar-refractivity contribution >= 4 is 41.5 Å². The topological polar surface area (TPSA) is 114 Å². The maximum absolute atomic E-state index is 13.3. The molecule has 0 bridgehead atoms. The van der Waals surface area contributed by atoms with Crippen LogP contribution in [0.15, 0.2) is 48.5 Å². The first kappa shape index (κ1) is 30.5. The summed E-state index contributed by atoms with van der Waals surface area (Å²) in [5.74, 6) is -0.326. The SMILES string of the molecule is O=CC(CCC(=O)N1CCOCc2ccccc21)NC(=O)C(CC1CCCCC1)NC(=O)OCc1cccc(Cl)c1. The minimum absolute atomic E-state index is 0.00784. The summed E-state index contributed by atoms with van der Waals surface area (Å²) in [6.07, 6.45) is 5.88. The van der Waals surface area contributed by atoms with E-state index in [1.807, 2.05) is 24.3 Å². The highest BCUT2D eigenvalue weighted by molar-refractivity contribution is 6.30. The molecule has 2 aromatic carbocycles. The highest BCUT2D eigenvalue weighted by atomic mass is 35.5. The summed E-state index contributed by atoms with van der Waals surface area (Å²) < 4.78 is 11.0. The number of benzene rings is 2. The lowest BCUT2D eigenvalue weighted by atomic mass is 9.84. The van der Waals surface area contributed by atoms with E-state index in [0.717, 1.165) is 48.9 Å². The van der Waals surface area contributed by atoms with Gasteiger partial charge in [0.05, 0.1) is 19.3 Å². The Balaban J connectivity index is 1.34. The lowest BCUT2D eigenvalue weighted by Crippen LogP contribution is -2.51. The number of anilines is 1. The Hall–Kier alpha value is -3.43. The molecule has 1 aliphatic heterocycles. The normalized spacial score (nSPS) is 17.0. The Morgan fingerprint density at radius 1 is 1.07 bits per heavy atom. The molecule has 2 aromatic rings. The number of hydrogen-bond donors (Lipinski definition) is 2. The summed E-state index contributed by atoms with van der Waals surface area (Å²) in [7, 11) is 0. The van der Waals surface area contributed by atoms with E-state index in [0.29, 0.717) is 37.5 Å². The van der Waals surface area contributed by atoms with Crippen LogP contribution in [0, 0.1) is 5.92 Å². The minimum Gasteiger partial charge on any atom is -0.445 e. The molecule has 220 valence electrons. The minimum atomic E-state index is -0.872. The third-order valence-corrected chi connectivity index (χ3v) is 7.86. The number of carbonyl (C=O) groups is 4. The van der Waals surface area contributed by atoms with Crippen molar-refractivity contribution in [2.45, 2.75) is 76.7 Å². The van der Waals surface area contributed by atoms with Crippen LogP contribution in [0.1, 0.15) is 62.5 Å². The van der Waals surface area contributed by atoms with Gasteiger partial charge in [-0.05, 0) is 42.5 Å². The van der Waals surface area contributed by atoms with E-state index in [1.54, 1.807) is 29.2 Å². The number of aldehydes is 1. The Morgan fingerprint density at radius 2 is 1.88 bits per heavy atom. The van der Waals surface area contributed by atoms with Crippen molar-refractivity contribution in [3.8, 4) is 0 Å². The summed E-state index contributed by atoms with van der Waals surface area (Å²) in [6.45, 7) is 1.27. The number of carbonyl (C=O) groups excluding carboxylic acids is 4. The van der Waals surface area contributed by atoms with Crippen molar-refractivity contribution in [3.63, 3.8) is 0 Å². The fraction of sp³-hybridized carbons (Fsp3) is 0.484. The molecule has 2 atom stereocenters. The molecule has 0 spiro atoms. The van der Waals surface area contributed by atoms with Crippen molar-refractivity contribution < 1.29 is 28.7 Å². The van der Waals surface area contributed by atoms with Gasteiger partial charge in [0.2, 0.25) is 11.8 Å². The zero-order valence-corrected chi connectivity index (χ0v) is 23.9. The largest absolute Gasteiger partial charge is 0.445 e. The molecule has 1 saturated carbocycles. The van der Waals surface area contributed by atoms with Gasteiger partial charge >= 0.3 is 6.09 Å². The predicted octanol–water partition coefficient (Wildman–Crippen LogP) is 4.93. The van der Waals surface area contributed by atoms with Gasteiger partial charge in [-0.1, -0.05) is 74.0 Å². The van der Waals surface area contributed by atoms with Crippen molar-refractivity contribution in [1.29, 1.82) is 0 Å². The van der Waals surface area contributed by atoms with Gasteiger partial charge in [-0.15, -0.1) is 0 Å². The third kappa shape index (κ3) is 9.30. The van der Waals surface area contributed by atoms with Crippen LogP contribution in [-0.2, 0) is 37.1 Å². The molecule has 3 amide bonds. The van der Waals surface area contributed by atoms with Crippen molar-refractivity contribution in [3.05, 3.63) is 64.7 Å². The second-order valence-corrected chi connectivity index (χ2v) is 11.1. The molecule has 0 aromatic heterocycles. The highest BCUT2D eigenvalue weighted by Crippen LogP contribution is 2.28. The molecule has 10 heteroatoms. The van der Waals surface area contributed by atoms with Gasteiger partial charge in [0, 0.05) is 29.2 Å². The monoisotopic (exact) mass is 583 g/mol. The van der Waals surface area contributed by atoms with Gasteiger partial charge in [0.15, 0.2) is 0 Å². The first-order valence-corrected chi connectivity index (χ1v) is 14.7. The average Bonchev–Trinajstić information content (AvgIpc) is 3.21. The number of amides is 3. The molecule has 2 aliphatic rings. The molecule has 2 unspecified atom stereocenters. The summed E-state index contributed by atoms with van der Waals surface area (Å²) in [4.78, 5) is 52.7. The molecular formula is C31H38ClN3O6. The molecule has 0 radical (unpaired) electrons. The van der Waals surface area contributed by atoms with Crippen LogP contribution in [0.2, 0.25) is 5.02 Å². The number of hydrogen-bond acceptors (Lipinski definition) is 6. The zero-order valence-electron chi connectivity index (χ0n) is 23.2. The van der Waals surface area contributed by atoms with Gasteiger partial charge in [-0.2, -0.15) is 0 Å². The second-order valence-electron chi connectivity index (χ2n) is 10.7. The van der Waals surface area contributed by atoms with Gasteiger partial charge in [0.25, 0.3) is 0 Å². The van der Waals surface area contributed by atoms with Gasteiger partial charge < -0.3 is 29.8 Å². The standard InChI is InChI=1S/C31H38ClN3O6/c32-25-11-6-9-23(17-25)20-41-31(39)34-27(18-22-7-2-1-3-8-22)30(38)33-26(19-36)13-14-29(37)35-15-16-40-21-24-10-4-5-12-28(24)35/h4-6,9-12,17,19,22,26-27H,1-3,7-8,13-16,18,20-21H2,(H,33,38)(H,34,39). The fourth-order valence-corrected chi connectivity index (χ4v) is 5.65. The number of para-hydroxylation sites is 1. The van der Waals surface area contributed by atoms with E-state index in [9.17, 15) is 19.2 Å². The summed E-state index contributed by atoms with van der Waals surface area (Å²) >= 11 is 6.01. The van der Waals surface area contributed by atoms with Crippen LogP contribution in [0.4, 0.5) is 10.5 Å². The van der Waals surface area contributed by atoms with Crippen LogP contribution >= 0.6 is 11.6 Å². The fourth-order valence-electron chi connectivity index (χ4n) is 5.43. The first-order chi connectivity index (χ1) is 19.9. The molecule has 0 saturated heterocycles. The number of halogens is 1. The Bertz CT molecular complexity index is 1200. The number of fused-ring (bicyclic) bond motifs is 1. The quantitative estimate of drug-likeness (QED) is 0.363. The Labute approximate surface area is 245 Å².